The molecule has 0 N–H and O–H groups in total. The van der Waals surface area contributed by atoms with Gasteiger partial charge in [-0.3, -0.25) is 9.59 Å². The van der Waals surface area contributed by atoms with Gasteiger partial charge in [0, 0.05) is 13.0 Å². The van der Waals surface area contributed by atoms with Crippen LogP contribution >= 0.6 is 0 Å². The molecule has 0 radical (unpaired) electrons. The Hall–Kier alpha value is -2.92. The zero-order valence-electron chi connectivity index (χ0n) is 40.9. The molecule has 0 saturated heterocycles. The van der Waals surface area contributed by atoms with Crippen molar-refractivity contribution in [1.82, 2.24) is 0 Å². The third-order valence-electron chi connectivity index (χ3n) is 10.9. The van der Waals surface area contributed by atoms with Crippen molar-refractivity contribution in [2.75, 3.05) is 19.8 Å². The van der Waals surface area contributed by atoms with Crippen LogP contribution in [0.2, 0.25) is 0 Å². The van der Waals surface area contributed by atoms with E-state index < -0.39 is 6.10 Å². The van der Waals surface area contributed by atoms with Gasteiger partial charge in [0.15, 0.2) is 6.10 Å². The van der Waals surface area contributed by atoms with Crippen LogP contribution in [-0.4, -0.2) is 37.9 Å². The Morgan fingerprint density at radius 3 is 1.27 bits per heavy atom. The van der Waals surface area contributed by atoms with Crippen LogP contribution in [0.5, 0.6) is 0 Å². The van der Waals surface area contributed by atoms with Crippen LogP contribution in [0, 0.1) is 0 Å². The Morgan fingerprint density at radius 2 is 0.774 bits per heavy atom. The van der Waals surface area contributed by atoms with Crippen LogP contribution in [0.25, 0.3) is 0 Å². The molecule has 356 valence electrons. The summed E-state index contributed by atoms with van der Waals surface area (Å²) in [5, 5.41) is 0. The van der Waals surface area contributed by atoms with Crippen LogP contribution < -0.4 is 0 Å². The van der Waals surface area contributed by atoms with E-state index in [9.17, 15) is 9.59 Å². The van der Waals surface area contributed by atoms with Gasteiger partial charge in [-0.15, -0.1) is 0 Å². The predicted molar refractivity (Wildman–Crippen MR) is 270 cm³/mol. The molecular weight excluding hydrogens is 765 g/mol. The molecule has 0 rings (SSSR count). The molecule has 0 aliphatic carbocycles. The lowest BCUT2D eigenvalue weighted by Gasteiger charge is -2.18. The van der Waals surface area contributed by atoms with Gasteiger partial charge in [0.05, 0.1) is 13.0 Å². The zero-order valence-corrected chi connectivity index (χ0v) is 40.9. The van der Waals surface area contributed by atoms with E-state index in [1.165, 1.54) is 135 Å². The molecule has 0 amide bonds. The van der Waals surface area contributed by atoms with Crippen LogP contribution in [0.15, 0.2) is 85.1 Å². The lowest BCUT2D eigenvalue weighted by atomic mass is 10.1. The molecule has 0 heterocycles. The second-order valence-electron chi connectivity index (χ2n) is 17.1. The summed E-state index contributed by atoms with van der Waals surface area (Å²) >= 11 is 0. The standard InChI is InChI=1S/C57H98O5/c1-4-7-10-13-16-19-22-25-27-28-29-30-32-33-35-38-41-44-47-50-56(58)61-54-55(53-60-52-49-46-43-40-37-24-21-18-15-12-9-6-3)62-57(59)51-48-45-42-39-36-34-31-26-23-20-17-14-11-8-5-2/h8,11,16-17,19-20,25-27,31,36,39,45,48,55H,4-7,9-10,12-15,18,21-24,28-30,32-35,37-38,40-44,46-47,49-54H2,1-3H3/b11-8-,19-16-,20-17-,27-25-,31-26-,39-36-,48-45-. The Bertz CT molecular complexity index is 1160. The average Bonchev–Trinajstić information content (AvgIpc) is 3.27. The first-order chi connectivity index (χ1) is 30.6. The first-order valence-electron chi connectivity index (χ1n) is 26.1. The van der Waals surface area contributed by atoms with E-state index in [4.69, 9.17) is 14.2 Å². The van der Waals surface area contributed by atoms with Crippen LogP contribution in [0.1, 0.15) is 239 Å². The quantitative estimate of drug-likeness (QED) is 0.0346. The van der Waals surface area contributed by atoms with Gasteiger partial charge in [0.2, 0.25) is 0 Å². The monoisotopic (exact) mass is 863 g/mol. The summed E-state index contributed by atoms with van der Waals surface area (Å²) < 4.78 is 17.3. The highest BCUT2D eigenvalue weighted by Crippen LogP contribution is 2.14. The summed E-state index contributed by atoms with van der Waals surface area (Å²) in [7, 11) is 0. The molecule has 1 atom stereocenters. The maximum atomic E-state index is 12.7. The van der Waals surface area contributed by atoms with E-state index in [0.29, 0.717) is 13.0 Å². The SMILES string of the molecule is CC/C=C\C/C=C\C/C=C\C/C=C\C/C=C\CC(=O)OC(COCCCCCCCCCCCCCC)COC(=O)CCCCCCCCCCC/C=C\C/C=C\CCCCC. The van der Waals surface area contributed by atoms with Crippen molar-refractivity contribution in [1.29, 1.82) is 0 Å². The number of ether oxygens (including phenoxy) is 3. The summed E-state index contributed by atoms with van der Waals surface area (Å²) in [5.41, 5.74) is 0. The van der Waals surface area contributed by atoms with E-state index in [0.717, 1.165) is 70.6 Å². The third kappa shape index (κ3) is 49.7. The Kier molecular flexibility index (Phi) is 50.0. The van der Waals surface area contributed by atoms with Crippen LogP contribution in [0.4, 0.5) is 0 Å². The summed E-state index contributed by atoms with van der Waals surface area (Å²) in [5.74, 6) is -0.545. The predicted octanol–water partition coefficient (Wildman–Crippen LogP) is 17.7. The van der Waals surface area contributed by atoms with Crippen LogP contribution in [-0.2, 0) is 23.8 Å². The number of unbranched alkanes of at least 4 members (excludes halogenated alkanes) is 23. The molecule has 0 fully saturated rings. The molecule has 1 unspecified atom stereocenters. The molecule has 0 saturated carbocycles. The molecule has 0 aromatic carbocycles. The topological polar surface area (TPSA) is 61.8 Å². The van der Waals surface area contributed by atoms with E-state index in [2.05, 4.69) is 93.7 Å². The number of hydrogen-bond donors (Lipinski definition) is 0. The summed E-state index contributed by atoms with van der Waals surface area (Å²) in [4.78, 5) is 25.3. The highest BCUT2D eigenvalue weighted by molar-refractivity contribution is 5.71. The normalized spacial score (nSPS) is 12.9. The molecule has 5 nitrogen and oxygen atoms in total. The first-order valence-corrected chi connectivity index (χ1v) is 26.1. The van der Waals surface area contributed by atoms with Crippen molar-refractivity contribution in [3.8, 4) is 0 Å². The van der Waals surface area contributed by atoms with Crippen molar-refractivity contribution in [3.63, 3.8) is 0 Å². The number of allylic oxidation sites excluding steroid dienone is 13. The first kappa shape index (κ1) is 59.1. The lowest BCUT2D eigenvalue weighted by Crippen LogP contribution is -2.29. The van der Waals surface area contributed by atoms with Gasteiger partial charge >= 0.3 is 11.9 Å². The fraction of sp³-hybridized carbons (Fsp3) is 0.719. The van der Waals surface area contributed by atoms with Crippen molar-refractivity contribution in [2.24, 2.45) is 0 Å². The van der Waals surface area contributed by atoms with E-state index in [1.54, 1.807) is 0 Å². The van der Waals surface area contributed by atoms with Crippen LogP contribution in [0.3, 0.4) is 0 Å². The summed E-state index contributed by atoms with van der Waals surface area (Å²) in [6.07, 6.45) is 69.0. The Balaban J connectivity index is 4.35. The van der Waals surface area contributed by atoms with E-state index >= 15 is 0 Å². The average molecular weight is 863 g/mol. The van der Waals surface area contributed by atoms with Crippen molar-refractivity contribution < 1.29 is 23.8 Å². The fourth-order valence-corrected chi connectivity index (χ4v) is 7.09. The number of esters is 2. The van der Waals surface area contributed by atoms with Gasteiger partial charge in [-0.05, 0) is 77.0 Å². The zero-order chi connectivity index (χ0) is 44.9. The smallest absolute Gasteiger partial charge is 0.310 e. The highest BCUT2D eigenvalue weighted by atomic mass is 16.6. The summed E-state index contributed by atoms with van der Waals surface area (Å²) in [6, 6.07) is 0. The molecule has 0 aliphatic heterocycles. The van der Waals surface area contributed by atoms with Crippen molar-refractivity contribution in [3.05, 3.63) is 85.1 Å². The maximum Gasteiger partial charge on any atom is 0.310 e. The second kappa shape index (κ2) is 52.4. The molecule has 5 heteroatoms. The molecule has 0 aliphatic rings. The molecule has 0 spiro atoms. The number of rotatable bonds is 47. The second-order valence-corrected chi connectivity index (χ2v) is 17.1. The van der Waals surface area contributed by atoms with Gasteiger partial charge in [-0.25, -0.2) is 0 Å². The lowest BCUT2D eigenvalue weighted by molar-refractivity contribution is -0.162. The van der Waals surface area contributed by atoms with Gasteiger partial charge < -0.3 is 14.2 Å². The fourth-order valence-electron chi connectivity index (χ4n) is 7.09. The van der Waals surface area contributed by atoms with Gasteiger partial charge in [-0.2, -0.15) is 0 Å². The maximum absolute atomic E-state index is 12.7. The van der Waals surface area contributed by atoms with Gasteiger partial charge in [0.1, 0.15) is 6.61 Å². The van der Waals surface area contributed by atoms with Gasteiger partial charge in [0.25, 0.3) is 0 Å². The Labute approximate surface area is 384 Å². The van der Waals surface area contributed by atoms with E-state index in [1.807, 2.05) is 12.2 Å². The number of hydrogen-bond acceptors (Lipinski definition) is 5. The minimum atomic E-state index is -0.593. The molecule has 0 bridgehead atoms. The van der Waals surface area contributed by atoms with E-state index in [-0.39, 0.29) is 31.6 Å². The third-order valence-corrected chi connectivity index (χ3v) is 10.9. The largest absolute Gasteiger partial charge is 0.462 e. The summed E-state index contributed by atoms with van der Waals surface area (Å²) in [6.45, 7) is 7.59. The highest BCUT2D eigenvalue weighted by Gasteiger charge is 2.17. The number of carbonyl (C=O) groups excluding carboxylic acids is 2. The molecule has 62 heavy (non-hydrogen) atoms. The minimum absolute atomic E-state index is 0.0423. The van der Waals surface area contributed by atoms with Gasteiger partial charge in [-0.1, -0.05) is 234 Å². The van der Waals surface area contributed by atoms with Crippen molar-refractivity contribution in [2.45, 2.75) is 245 Å². The molecular formula is C57H98O5. The molecule has 0 aromatic rings. The number of carbonyl (C=O) groups is 2. The minimum Gasteiger partial charge on any atom is -0.462 e. The molecule has 0 aromatic heterocycles. The van der Waals surface area contributed by atoms with Crippen molar-refractivity contribution >= 4 is 11.9 Å². The Morgan fingerprint density at radius 1 is 0.387 bits per heavy atom.